The van der Waals surface area contributed by atoms with Gasteiger partial charge in [0.25, 0.3) is 0 Å². The summed E-state index contributed by atoms with van der Waals surface area (Å²) >= 11 is 7.64. The summed E-state index contributed by atoms with van der Waals surface area (Å²) in [7, 11) is 0. The lowest BCUT2D eigenvalue weighted by molar-refractivity contribution is 1.13. The molecule has 5 heteroatoms. The van der Waals surface area contributed by atoms with Gasteiger partial charge in [-0.2, -0.15) is 0 Å². The maximum Gasteiger partial charge on any atom is 0.138 e. The summed E-state index contributed by atoms with van der Waals surface area (Å²) in [5.74, 6) is 0.742. The second-order valence-corrected chi connectivity index (χ2v) is 4.67. The minimum Gasteiger partial charge on any atom is -0.339 e. The highest BCUT2D eigenvalue weighted by Gasteiger charge is 2.07. The van der Waals surface area contributed by atoms with Crippen LogP contribution in [0.3, 0.4) is 0 Å². The smallest absolute Gasteiger partial charge is 0.138 e. The Labute approximate surface area is 110 Å². The lowest BCUT2D eigenvalue weighted by Crippen LogP contribution is -1.99. The molecule has 0 aliphatic rings. The van der Waals surface area contributed by atoms with E-state index in [0.717, 1.165) is 17.1 Å². The molecular weight excluding hydrogens is 254 g/mol. The molecule has 2 aromatic rings. The number of benzene rings is 1. The molecule has 0 saturated carbocycles. The van der Waals surface area contributed by atoms with E-state index in [1.54, 1.807) is 11.8 Å². The normalized spacial score (nSPS) is 10.3. The van der Waals surface area contributed by atoms with Gasteiger partial charge in [0.05, 0.1) is 5.69 Å². The van der Waals surface area contributed by atoms with Crippen LogP contribution in [0.1, 0.15) is 5.56 Å². The topological polar surface area (TPSA) is 37.8 Å². The van der Waals surface area contributed by atoms with E-state index in [0.29, 0.717) is 5.15 Å². The van der Waals surface area contributed by atoms with Gasteiger partial charge in [-0.3, -0.25) is 0 Å². The zero-order valence-corrected chi connectivity index (χ0v) is 11.1. The molecule has 2 rings (SSSR count). The van der Waals surface area contributed by atoms with Gasteiger partial charge in [0.15, 0.2) is 0 Å². The van der Waals surface area contributed by atoms with E-state index >= 15 is 0 Å². The van der Waals surface area contributed by atoms with Gasteiger partial charge in [-0.1, -0.05) is 23.7 Å². The Morgan fingerprint density at radius 1 is 1.24 bits per heavy atom. The number of nitrogens with one attached hydrogen (secondary N) is 1. The van der Waals surface area contributed by atoms with E-state index < -0.39 is 0 Å². The summed E-state index contributed by atoms with van der Waals surface area (Å²) in [6.07, 6.45) is 3.50. The predicted octanol–water partition coefficient (Wildman–Crippen LogP) is 3.90. The van der Waals surface area contributed by atoms with Crippen molar-refractivity contribution in [3.63, 3.8) is 0 Å². The molecule has 0 unspecified atom stereocenters. The molecule has 0 spiro atoms. The fourth-order valence-corrected chi connectivity index (χ4v) is 2.12. The van der Waals surface area contributed by atoms with Crippen LogP contribution in [-0.4, -0.2) is 16.2 Å². The van der Waals surface area contributed by atoms with Gasteiger partial charge < -0.3 is 5.32 Å². The Balaban J connectivity index is 2.35. The van der Waals surface area contributed by atoms with Gasteiger partial charge in [0, 0.05) is 10.5 Å². The van der Waals surface area contributed by atoms with Crippen molar-refractivity contribution in [2.45, 2.75) is 11.8 Å². The fourth-order valence-electron chi connectivity index (χ4n) is 1.43. The van der Waals surface area contributed by atoms with E-state index in [9.17, 15) is 0 Å². The molecule has 0 aliphatic carbocycles. The van der Waals surface area contributed by atoms with E-state index in [-0.39, 0.29) is 0 Å². The zero-order valence-electron chi connectivity index (χ0n) is 9.57. The molecule has 0 fully saturated rings. The van der Waals surface area contributed by atoms with Crippen LogP contribution in [0, 0.1) is 6.92 Å². The van der Waals surface area contributed by atoms with E-state index in [4.69, 9.17) is 11.6 Å². The third-order valence-electron chi connectivity index (χ3n) is 2.38. The number of rotatable bonds is 3. The molecule has 1 N–H and O–H groups in total. The Morgan fingerprint density at radius 3 is 2.76 bits per heavy atom. The molecule has 0 bridgehead atoms. The van der Waals surface area contributed by atoms with Crippen LogP contribution in [0.2, 0.25) is 5.15 Å². The number of anilines is 2. The summed E-state index contributed by atoms with van der Waals surface area (Å²) in [4.78, 5) is 9.29. The molecule has 0 atom stereocenters. The number of hydrogen-bond donors (Lipinski definition) is 1. The summed E-state index contributed by atoms with van der Waals surface area (Å²) in [6.45, 7) is 1.90. The number of halogens is 1. The lowest BCUT2D eigenvalue weighted by Gasteiger charge is -2.11. The number of hydrogen-bond acceptors (Lipinski definition) is 4. The molecule has 0 radical (unpaired) electrons. The molecule has 1 heterocycles. The molecule has 0 saturated heterocycles. The summed E-state index contributed by atoms with van der Waals surface area (Å²) in [6, 6.07) is 8.07. The Bertz CT molecular complexity index is 531. The van der Waals surface area contributed by atoms with Crippen LogP contribution in [0.15, 0.2) is 35.5 Å². The van der Waals surface area contributed by atoms with E-state index in [1.807, 2.05) is 31.4 Å². The van der Waals surface area contributed by atoms with Crippen molar-refractivity contribution >= 4 is 34.9 Å². The third-order valence-corrected chi connectivity index (χ3v) is 3.56. The Morgan fingerprint density at radius 2 is 2.00 bits per heavy atom. The quantitative estimate of drug-likeness (QED) is 0.675. The van der Waals surface area contributed by atoms with Gasteiger partial charge >= 0.3 is 0 Å². The summed E-state index contributed by atoms with van der Waals surface area (Å²) in [5.41, 5.74) is 1.88. The van der Waals surface area contributed by atoms with Crippen LogP contribution < -0.4 is 5.32 Å². The first kappa shape index (κ1) is 12.2. The molecule has 88 valence electrons. The van der Waals surface area contributed by atoms with Crippen LogP contribution >= 0.6 is 23.4 Å². The van der Waals surface area contributed by atoms with E-state index in [1.165, 1.54) is 11.2 Å². The van der Waals surface area contributed by atoms with Crippen molar-refractivity contribution < 1.29 is 0 Å². The van der Waals surface area contributed by atoms with Crippen molar-refractivity contribution in [1.82, 2.24) is 9.97 Å². The average molecular weight is 266 g/mol. The van der Waals surface area contributed by atoms with Gasteiger partial charge in [-0.25, -0.2) is 9.97 Å². The maximum absolute atomic E-state index is 5.96. The zero-order chi connectivity index (χ0) is 12.3. The van der Waals surface area contributed by atoms with Crippen LogP contribution in [-0.2, 0) is 0 Å². The van der Waals surface area contributed by atoms with Crippen LogP contribution in [0.25, 0.3) is 0 Å². The number of para-hydroxylation sites is 1. The summed E-state index contributed by atoms with van der Waals surface area (Å²) < 4.78 is 0. The van der Waals surface area contributed by atoms with Crippen molar-refractivity contribution in [1.29, 1.82) is 0 Å². The van der Waals surface area contributed by atoms with Crippen molar-refractivity contribution in [3.05, 3.63) is 41.3 Å². The first-order valence-electron chi connectivity index (χ1n) is 5.09. The van der Waals surface area contributed by atoms with Crippen molar-refractivity contribution in [3.8, 4) is 0 Å². The maximum atomic E-state index is 5.96. The fraction of sp³-hybridized carbons (Fsp3) is 0.167. The lowest BCUT2D eigenvalue weighted by atomic mass is 10.3. The molecule has 17 heavy (non-hydrogen) atoms. The number of nitrogens with zero attached hydrogens (tertiary/aromatic N) is 2. The number of aromatic nitrogens is 2. The monoisotopic (exact) mass is 265 g/mol. The molecular formula is C12H12ClN3S. The Hall–Kier alpha value is -1.26. The second kappa shape index (κ2) is 5.38. The molecule has 0 amide bonds. The van der Waals surface area contributed by atoms with Crippen LogP contribution in [0.5, 0.6) is 0 Å². The third kappa shape index (κ3) is 2.70. The van der Waals surface area contributed by atoms with Gasteiger partial charge in [0.2, 0.25) is 0 Å². The second-order valence-electron chi connectivity index (χ2n) is 3.46. The minimum atomic E-state index is 0.476. The average Bonchev–Trinajstić information content (AvgIpc) is 2.35. The number of thioether (sulfide) groups is 1. The Kier molecular flexibility index (Phi) is 3.86. The van der Waals surface area contributed by atoms with Gasteiger partial charge in [-0.05, 0) is 25.3 Å². The highest BCUT2D eigenvalue weighted by molar-refractivity contribution is 7.98. The standard InChI is InChI=1S/C12H12ClN3S/c1-8-11(13)14-7-15-12(8)16-9-5-3-4-6-10(9)17-2/h3-7H,1-2H3,(H,14,15,16). The molecule has 0 aliphatic heterocycles. The molecule has 1 aromatic heterocycles. The minimum absolute atomic E-state index is 0.476. The van der Waals surface area contributed by atoms with Crippen LogP contribution in [0.4, 0.5) is 11.5 Å². The van der Waals surface area contributed by atoms with E-state index in [2.05, 4.69) is 21.4 Å². The van der Waals surface area contributed by atoms with Gasteiger partial charge in [0.1, 0.15) is 17.3 Å². The largest absolute Gasteiger partial charge is 0.339 e. The predicted molar refractivity (Wildman–Crippen MR) is 73.3 cm³/mol. The first-order valence-corrected chi connectivity index (χ1v) is 6.70. The highest BCUT2D eigenvalue weighted by Crippen LogP contribution is 2.29. The van der Waals surface area contributed by atoms with Gasteiger partial charge in [-0.15, -0.1) is 11.8 Å². The van der Waals surface area contributed by atoms with Crippen molar-refractivity contribution in [2.24, 2.45) is 0 Å². The first-order chi connectivity index (χ1) is 8.22. The molecule has 3 nitrogen and oxygen atoms in total. The molecule has 1 aromatic carbocycles. The van der Waals surface area contributed by atoms with Crippen molar-refractivity contribution in [2.75, 3.05) is 11.6 Å². The highest BCUT2D eigenvalue weighted by atomic mass is 35.5. The SMILES string of the molecule is CSc1ccccc1Nc1ncnc(Cl)c1C. The summed E-state index contributed by atoms with van der Waals surface area (Å²) in [5, 5.41) is 3.75.